The zero-order valence-corrected chi connectivity index (χ0v) is 8.45. The highest BCUT2D eigenvalue weighted by molar-refractivity contribution is 5.65. The monoisotopic (exact) mass is 187 g/mol. The highest BCUT2D eigenvalue weighted by Crippen LogP contribution is 2.24. The zero-order chi connectivity index (χ0) is 9.97. The molecule has 0 bridgehead atoms. The molecular weight excluding hydrogens is 174 g/mol. The van der Waals surface area contributed by atoms with Crippen molar-refractivity contribution < 1.29 is 4.42 Å². The van der Waals surface area contributed by atoms with Gasteiger partial charge in [0.15, 0.2) is 0 Å². The summed E-state index contributed by atoms with van der Waals surface area (Å²) in [4.78, 5) is 4.30. The molecule has 0 aliphatic heterocycles. The first-order valence-corrected chi connectivity index (χ1v) is 4.79. The van der Waals surface area contributed by atoms with Crippen LogP contribution in [0, 0.1) is 6.92 Å². The highest BCUT2D eigenvalue weighted by atomic mass is 16.3. The van der Waals surface area contributed by atoms with Crippen molar-refractivity contribution in [3.63, 3.8) is 0 Å². The maximum Gasteiger partial charge on any atom is 0.0981 e. The second-order valence-electron chi connectivity index (χ2n) is 3.35. The Hall–Kier alpha value is -1.57. The van der Waals surface area contributed by atoms with Crippen LogP contribution in [0.25, 0.3) is 11.1 Å². The molecular formula is C12H13NO. The Bertz CT molecular complexity index is 418. The Kier molecular flexibility index (Phi) is 2.35. The van der Waals surface area contributed by atoms with E-state index >= 15 is 0 Å². The normalized spacial score (nSPS) is 10.4. The van der Waals surface area contributed by atoms with Crippen LogP contribution < -0.4 is 0 Å². The summed E-state index contributed by atoms with van der Waals surface area (Å²) in [5.41, 5.74) is 4.66. The SMILES string of the molecule is CCc1cc(C)ncc1-c1ccoc1. The first kappa shape index (κ1) is 9.00. The lowest BCUT2D eigenvalue weighted by molar-refractivity contribution is 0.568. The van der Waals surface area contributed by atoms with Gasteiger partial charge in [-0.25, -0.2) is 0 Å². The molecule has 0 unspecified atom stereocenters. The van der Waals surface area contributed by atoms with E-state index in [2.05, 4.69) is 18.0 Å². The summed E-state index contributed by atoms with van der Waals surface area (Å²) in [5, 5.41) is 0. The van der Waals surface area contributed by atoms with E-state index in [-0.39, 0.29) is 0 Å². The number of hydrogen-bond donors (Lipinski definition) is 0. The first-order chi connectivity index (χ1) is 6.81. The highest BCUT2D eigenvalue weighted by Gasteiger charge is 2.05. The van der Waals surface area contributed by atoms with Gasteiger partial charge in [-0.05, 0) is 31.0 Å². The Labute approximate surface area is 83.6 Å². The molecule has 2 heterocycles. The van der Waals surface area contributed by atoms with E-state index in [4.69, 9.17) is 4.42 Å². The molecule has 0 saturated carbocycles. The number of aromatic nitrogens is 1. The Morgan fingerprint density at radius 2 is 2.29 bits per heavy atom. The number of rotatable bonds is 2. The molecule has 0 amide bonds. The third-order valence-electron chi connectivity index (χ3n) is 2.34. The second-order valence-corrected chi connectivity index (χ2v) is 3.35. The zero-order valence-electron chi connectivity index (χ0n) is 8.45. The summed E-state index contributed by atoms with van der Waals surface area (Å²) in [7, 11) is 0. The van der Waals surface area contributed by atoms with E-state index in [1.54, 1.807) is 12.5 Å². The molecule has 2 aromatic rings. The van der Waals surface area contributed by atoms with Gasteiger partial charge in [-0.15, -0.1) is 0 Å². The van der Waals surface area contributed by atoms with Crippen molar-refractivity contribution >= 4 is 0 Å². The van der Waals surface area contributed by atoms with Gasteiger partial charge in [-0.2, -0.15) is 0 Å². The fraction of sp³-hybridized carbons (Fsp3) is 0.250. The van der Waals surface area contributed by atoms with E-state index in [1.807, 2.05) is 19.2 Å². The third kappa shape index (κ3) is 1.55. The fourth-order valence-electron chi connectivity index (χ4n) is 1.59. The van der Waals surface area contributed by atoms with Crippen LogP contribution in [0.15, 0.2) is 35.3 Å². The maximum absolute atomic E-state index is 5.07. The molecule has 0 N–H and O–H groups in total. The minimum Gasteiger partial charge on any atom is -0.472 e. The van der Waals surface area contributed by atoms with Crippen LogP contribution in [-0.2, 0) is 6.42 Å². The minimum absolute atomic E-state index is 1.02. The summed E-state index contributed by atoms with van der Waals surface area (Å²) in [6.45, 7) is 4.16. The topological polar surface area (TPSA) is 26.0 Å². The summed E-state index contributed by atoms with van der Waals surface area (Å²) in [5.74, 6) is 0. The molecule has 0 fully saturated rings. The van der Waals surface area contributed by atoms with Crippen LogP contribution in [-0.4, -0.2) is 4.98 Å². The summed E-state index contributed by atoms with van der Waals surface area (Å²) < 4.78 is 5.07. The summed E-state index contributed by atoms with van der Waals surface area (Å²) in [6.07, 6.45) is 6.38. The minimum atomic E-state index is 1.02. The van der Waals surface area contributed by atoms with E-state index in [0.29, 0.717) is 0 Å². The maximum atomic E-state index is 5.07. The second kappa shape index (κ2) is 3.66. The van der Waals surface area contributed by atoms with Gasteiger partial charge in [0.2, 0.25) is 0 Å². The van der Waals surface area contributed by atoms with Crippen molar-refractivity contribution in [3.8, 4) is 11.1 Å². The van der Waals surface area contributed by atoms with Gasteiger partial charge in [0.05, 0.1) is 12.5 Å². The lowest BCUT2D eigenvalue weighted by Crippen LogP contribution is -1.90. The molecule has 2 rings (SSSR count). The van der Waals surface area contributed by atoms with Gasteiger partial charge in [0, 0.05) is 23.0 Å². The quantitative estimate of drug-likeness (QED) is 0.721. The lowest BCUT2D eigenvalue weighted by Gasteiger charge is -2.05. The molecule has 0 saturated heterocycles. The Morgan fingerprint density at radius 3 is 2.93 bits per heavy atom. The van der Waals surface area contributed by atoms with Gasteiger partial charge in [0.25, 0.3) is 0 Å². The van der Waals surface area contributed by atoms with Crippen LogP contribution in [0.4, 0.5) is 0 Å². The largest absolute Gasteiger partial charge is 0.472 e. The van der Waals surface area contributed by atoms with Crippen molar-refractivity contribution in [3.05, 3.63) is 42.1 Å². The Morgan fingerprint density at radius 1 is 1.43 bits per heavy atom. The van der Waals surface area contributed by atoms with Crippen molar-refractivity contribution in [1.82, 2.24) is 4.98 Å². The predicted octanol–water partition coefficient (Wildman–Crippen LogP) is 3.21. The van der Waals surface area contributed by atoms with Crippen molar-refractivity contribution in [2.75, 3.05) is 0 Å². The molecule has 0 atom stereocenters. The number of aryl methyl sites for hydroxylation is 2. The molecule has 2 heteroatoms. The molecule has 72 valence electrons. The van der Waals surface area contributed by atoms with Crippen LogP contribution in [0.3, 0.4) is 0 Å². The molecule has 2 nitrogen and oxygen atoms in total. The van der Waals surface area contributed by atoms with Crippen LogP contribution in [0.2, 0.25) is 0 Å². The molecule has 0 aliphatic carbocycles. The fourth-order valence-corrected chi connectivity index (χ4v) is 1.59. The van der Waals surface area contributed by atoms with Gasteiger partial charge in [0.1, 0.15) is 0 Å². The Balaban J connectivity index is 2.53. The van der Waals surface area contributed by atoms with Gasteiger partial charge < -0.3 is 4.42 Å². The first-order valence-electron chi connectivity index (χ1n) is 4.79. The van der Waals surface area contributed by atoms with Gasteiger partial charge in [-0.3, -0.25) is 4.98 Å². The standard InChI is InChI=1S/C12H13NO/c1-3-10-6-9(2)13-7-12(10)11-4-5-14-8-11/h4-8H,3H2,1-2H3. The van der Waals surface area contributed by atoms with Crippen molar-refractivity contribution in [2.45, 2.75) is 20.3 Å². The van der Waals surface area contributed by atoms with E-state index in [1.165, 1.54) is 11.1 Å². The van der Waals surface area contributed by atoms with Crippen molar-refractivity contribution in [2.24, 2.45) is 0 Å². The summed E-state index contributed by atoms with van der Waals surface area (Å²) >= 11 is 0. The van der Waals surface area contributed by atoms with E-state index < -0.39 is 0 Å². The average Bonchev–Trinajstić information content (AvgIpc) is 2.70. The molecule has 0 radical (unpaired) electrons. The van der Waals surface area contributed by atoms with Crippen molar-refractivity contribution in [1.29, 1.82) is 0 Å². The summed E-state index contributed by atoms with van der Waals surface area (Å²) in [6, 6.07) is 4.09. The molecule has 0 spiro atoms. The van der Waals surface area contributed by atoms with Gasteiger partial charge in [-0.1, -0.05) is 6.92 Å². The lowest BCUT2D eigenvalue weighted by atomic mass is 10.0. The molecule has 2 aromatic heterocycles. The third-order valence-corrected chi connectivity index (χ3v) is 2.34. The average molecular weight is 187 g/mol. The molecule has 0 aliphatic rings. The van der Waals surface area contributed by atoms with Gasteiger partial charge >= 0.3 is 0 Å². The van der Waals surface area contributed by atoms with E-state index in [9.17, 15) is 0 Å². The number of pyridine rings is 1. The number of furan rings is 1. The van der Waals surface area contributed by atoms with E-state index in [0.717, 1.165) is 17.7 Å². The molecule has 0 aromatic carbocycles. The van der Waals surface area contributed by atoms with Crippen LogP contribution in [0.1, 0.15) is 18.2 Å². The predicted molar refractivity (Wildman–Crippen MR) is 56.1 cm³/mol. The van der Waals surface area contributed by atoms with Crippen LogP contribution in [0.5, 0.6) is 0 Å². The number of hydrogen-bond acceptors (Lipinski definition) is 2. The van der Waals surface area contributed by atoms with Crippen LogP contribution >= 0.6 is 0 Å². The number of nitrogens with zero attached hydrogens (tertiary/aromatic N) is 1. The molecule has 14 heavy (non-hydrogen) atoms. The smallest absolute Gasteiger partial charge is 0.0981 e.